The lowest BCUT2D eigenvalue weighted by molar-refractivity contribution is -0.193. The van der Waals surface area contributed by atoms with Crippen LogP contribution < -0.4 is 4.90 Å². The van der Waals surface area contributed by atoms with E-state index < -0.39 is 5.79 Å². The zero-order valence-corrected chi connectivity index (χ0v) is 8.84. The summed E-state index contributed by atoms with van der Waals surface area (Å²) in [5, 5.41) is 13.6. The largest absolute Gasteiger partial charge is 0.378 e. The molecule has 1 aliphatic rings. The Morgan fingerprint density at radius 2 is 2.00 bits per heavy atom. The zero-order chi connectivity index (χ0) is 10.9. The van der Waals surface area contributed by atoms with Gasteiger partial charge in [-0.3, -0.25) is 0 Å². The van der Waals surface area contributed by atoms with Crippen LogP contribution in [0.4, 0.5) is 5.69 Å². The Hall–Kier alpha value is -1.55. The minimum atomic E-state index is -1.27. The van der Waals surface area contributed by atoms with Gasteiger partial charge in [0, 0.05) is 25.3 Å². The molecular weight excluding hydrogens is 192 g/mol. The van der Waals surface area contributed by atoms with Crippen LogP contribution in [-0.2, 0) is 10.6 Å². The van der Waals surface area contributed by atoms with Crippen molar-refractivity contribution in [3.63, 3.8) is 0 Å². The molecule has 1 aliphatic heterocycles. The first kappa shape index (κ1) is 9.98. The molecule has 1 heterocycles. The molecule has 0 amide bonds. The van der Waals surface area contributed by atoms with Gasteiger partial charge in [0.2, 0.25) is 0 Å². The molecule has 0 spiro atoms. The van der Waals surface area contributed by atoms with E-state index in [0.29, 0.717) is 6.42 Å². The van der Waals surface area contributed by atoms with Crippen LogP contribution in [0.3, 0.4) is 0 Å². The fourth-order valence-electron chi connectivity index (χ4n) is 1.51. The Balaban J connectivity index is 2.23. The monoisotopic (exact) mass is 206 g/mol. The lowest BCUT2D eigenvalue weighted by atomic mass is 10.0. The summed E-state index contributed by atoms with van der Waals surface area (Å²) in [5.74, 6) is -1.27. The zero-order valence-electron chi connectivity index (χ0n) is 8.84. The van der Waals surface area contributed by atoms with Crippen molar-refractivity contribution in [1.82, 2.24) is 0 Å². The third-order valence-electron chi connectivity index (χ3n) is 2.48. The molecule has 2 rings (SSSR count). The van der Waals surface area contributed by atoms with Crippen LogP contribution in [-0.4, -0.2) is 25.4 Å². The second-order valence-electron chi connectivity index (χ2n) is 3.81. The van der Waals surface area contributed by atoms with Gasteiger partial charge in [-0.1, -0.05) is 17.3 Å². The molecular formula is C11H14N2O2. The Labute approximate surface area is 88.8 Å². The van der Waals surface area contributed by atoms with Gasteiger partial charge in [0.1, 0.15) is 0 Å². The second-order valence-corrected chi connectivity index (χ2v) is 3.81. The average Bonchev–Trinajstić information content (AvgIpc) is 2.67. The van der Waals surface area contributed by atoms with Crippen LogP contribution in [0.2, 0.25) is 0 Å². The number of oxime groups is 1. The first-order valence-electron chi connectivity index (χ1n) is 4.82. The number of rotatable bonds is 2. The smallest absolute Gasteiger partial charge is 0.265 e. The summed E-state index contributed by atoms with van der Waals surface area (Å²) in [6, 6.07) is 7.58. The van der Waals surface area contributed by atoms with Crippen molar-refractivity contribution in [2.24, 2.45) is 5.16 Å². The highest BCUT2D eigenvalue weighted by Gasteiger charge is 2.34. The van der Waals surface area contributed by atoms with Crippen LogP contribution in [0.1, 0.15) is 12.0 Å². The quantitative estimate of drug-likeness (QED) is 0.793. The van der Waals surface area contributed by atoms with Gasteiger partial charge in [0.25, 0.3) is 5.79 Å². The van der Waals surface area contributed by atoms with Crippen LogP contribution >= 0.6 is 0 Å². The maximum absolute atomic E-state index is 10.0. The molecule has 0 aromatic heterocycles. The van der Waals surface area contributed by atoms with Gasteiger partial charge in [0.05, 0.1) is 12.6 Å². The minimum absolute atomic E-state index is 0.397. The van der Waals surface area contributed by atoms with E-state index in [1.807, 2.05) is 43.3 Å². The molecule has 4 nitrogen and oxygen atoms in total. The van der Waals surface area contributed by atoms with Crippen molar-refractivity contribution in [1.29, 1.82) is 0 Å². The first-order valence-corrected chi connectivity index (χ1v) is 4.82. The highest BCUT2D eigenvalue weighted by Crippen LogP contribution is 2.30. The molecule has 0 radical (unpaired) electrons. The predicted molar refractivity (Wildman–Crippen MR) is 58.9 cm³/mol. The lowest BCUT2D eigenvalue weighted by Crippen LogP contribution is -2.24. The summed E-state index contributed by atoms with van der Waals surface area (Å²) >= 11 is 0. The number of anilines is 1. The molecule has 0 fully saturated rings. The molecule has 1 aromatic rings. The van der Waals surface area contributed by atoms with Crippen molar-refractivity contribution < 1.29 is 9.94 Å². The van der Waals surface area contributed by atoms with E-state index in [-0.39, 0.29) is 0 Å². The molecule has 1 aromatic carbocycles. The van der Waals surface area contributed by atoms with Crippen LogP contribution in [0, 0.1) is 0 Å². The standard InChI is InChI=1S/C11H14N2O2/c1-13(2)10-5-3-9(4-6-10)11(14)7-8-12-15-11/h3-6,8,14H,7H2,1-2H3. The topological polar surface area (TPSA) is 45.1 Å². The Bertz CT molecular complexity index is 363. The van der Waals surface area contributed by atoms with Gasteiger partial charge in [0.15, 0.2) is 0 Å². The fraction of sp³-hybridized carbons (Fsp3) is 0.364. The first-order chi connectivity index (χ1) is 7.12. The molecule has 80 valence electrons. The van der Waals surface area contributed by atoms with Crippen molar-refractivity contribution in [2.75, 3.05) is 19.0 Å². The number of hydrogen-bond acceptors (Lipinski definition) is 4. The fourth-order valence-corrected chi connectivity index (χ4v) is 1.51. The minimum Gasteiger partial charge on any atom is -0.378 e. The number of hydrogen-bond donors (Lipinski definition) is 1. The van der Waals surface area contributed by atoms with Crippen LogP contribution in [0.5, 0.6) is 0 Å². The van der Waals surface area contributed by atoms with E-state index in [1.54, 1.807) is 6.21 Å². The Morgan fingerprint density at radius 1 is 1.33 bits per heavy atom. The van der Waals surface area contributed by atoms with Crippen molar-refractivity contribution in [3.05, 3.63) is 29.8 Å². The van der Waals surface area contributed by atoms with Gasteiger partial charge in [-0.05, 0) is 12.1 Å². The summed E-state index contributed by atoms with van der Waals surface area (Å²) in [5.41, 5.74) is 1.81. The van der Waals surface area contributed by atoms with Crippen molar-refractivity contribution >= 4 is 11.9 Å². The van der Waals surface area contributed by atoms with Gasteiger partial charge in [-0.2, -0.15) is 0 Å². The van der Waals surface area contributed by atoms with Crippen molar-refractivity contribution in [3.8, 4) is 0 Å². The van der Waals surface area contributed by atoms with E-state index in [0.717, 1.165) is 11.3 Å². The van der Waals surface area contributed by atoms with E-state index >= 15 is 0 Å². The Morgan fingerprint density at radius 3 is 2.47 bits per heavy atom. The van der Waals surface area contributed by atoms with Gasteiger partial charge in [-0.25, -0.2) is 0 Å². The third-order valence-corrected chi connectivity index (χ3v) is 2.48. The number of aliphatic hydroxyl groups is 1. The summed E-state index contributed by atoms with van der Waals surface area (Å²) < 4.78 is 0. The molecule has 0 bridgehead atoms. The summed E-state index contributed by atoms with van der Waals surface area (Å²) in [6.45, 7) is 0. The molecule has 0 saturated heterocycles. The third kappa shape index (κ3) is 1.80. The average molecular weight is 206 g/mol. The van der Waals surface area contributed by atoms with Gasteiger partial charge >= 0.3 is 0 Å². The molecule has 1 N–H and O–H groups in total. The maximum Gasteiger partial charge on any atom is 0.265 e. The van der Waals surface area contributed by atoms with E-state index in [4.69, 9.17) is 4.84 Å². The van der Waals surface area contributed by atoms with E-state index in [9.17, 15) is 5.11 Å². The second kappa shape index (κ2) is 3.55. The maximum atomic E-state index is 10.0. The molecule has 1 unspecified atom stereocenters. The molecule has 0 saturated carbocycles. The molecule has 4 heteroatoms. The number of nitrogens with zero attached hydrogens (tertiary/aromatic N) is 2. The van der Waals surface area contributed by atoms with Crippen molar-refractivity contribution in [2.45, 2.75) is 12.2 Å². The highest BCUT2D eigenvalue weighted by molar-refractivity contribution is 5.60. The SMILES string of the molecule is CN(C)c1ccc(C2(O)CC=NO2)cc1. The predicted octanol–water partition coefficient (Wildman–Crippen LogP) is 1.30. The lowest BCUT2D eigenvalue weighted by Gasteiger charge is -2.21. The Kier molecular flexibility index (Phi) is 2.36. The van der Waals surface area contributed by atoms with E-state index in [2.05, 4.69) is 5.16 Å². The summed E-state index contributed by atoms with van der Waals surface area (Å²) in [4.78, 5) is 6.94. The summed E-state index contributed by atoms with van der Waals surface area (Å²) in [6.07, 6.45) is 1.97. The molecule has 0 aliphatic carbocycles. The van der Waals surface area contributed by atoms with Crippen LogP contribution in [0.15, 0.2) is 29.4 Å². The van der Waals surface area contributed by atoms with E-state index in [1.165, 1.54) is 0 Å². The summed E-state index contributed by atoms with van der Waals surface area (Å²) in [7, 11) is 3.94. The number of benzene rings is 1. The van der Waals surface area contributed by atoms with Gasteiger partial charge < -0.3 is 14.8 Å². The molecule has 15 heavy (non-hydrogen) atoms. The highest BCUT2D eigenvalue weighted by atomic mass is 16.7. The normalized spacial score (nSPS) is 23.9. The molecule has 1 atom stereocenters. The van der Waals surface area contributed by atoms with Gasteiger partial charge in [-0.15, -0.1) is 0 Å². The van der Waals surface area contributed by atoms with Crippen LogP contribution in [0.25, 0.3) is 0 Å².